The number of phenolic OH excluding ortho intramolecular Hbond substituents is 1. The Morgan fingerprint density at radius 2 is 1.85 bits per heavy atom. The van der Waals surface area contributed by atoms with Crippen LogP contribution in [-0.4, -0.2) is 88.2 Å². The molecule has 11 heteroatoms. The van der Waals surface area contributed by atoms with Gasteiger partial charge in [0.2, 0.25) is 11.9 Å². The van der Waals surface area contributed by atoms with Crippen molar-refractivity contribution in [2.45, 2.75) is 51.9 Å². The van der Waals surface area contributed by atoms with Gasteiger partial charge in [-0.1, -0.05) is 24.2 Å². The van der Waals surface area contributed by atoms with Gasteiger partial charge in [0.05, 0.1) is 10.6 Å². The normalized spacial score (nSPS) is 19.8. The van der Waals surface area contributed by atoms with E-state index in [2.05, 4.69) is 37.4 Å². The van der Waals surface area contributed by atoms with Crippen molar-refractivity contribution in [3.05, 3.63) is 53.6 Å². The molecular weight excluding hydrogens is 550 g/mol. The van der Waals surface area contributed by atoms with Crippen LogP contribution in [0.25, 0.3) is 22.0 Å². The van der Waals surface area contributed by atoms with Crippen LogP contribution in [-0.2, 0) is 4.79 Å². The number of likely N-dealkylation sites (N-methyl/N-ethyl adjacent to an activating group) is 1. The fourth-order valence-corrected chi connectivity index (χ4v) is 5.95. The molecule has 0 unspecified atom stereocenters. The molecule has 5 rings (SSSR count). The Bertz CT molecular complexity index is 1490. The van der Waals surface area contributed by atoms with Gasteiger partial charge in [-0.2, -0.15) is 4.98 Å². The molecule has 2 aromatic carbocycles. The number of nitrogens with zero attached hydrogens (tertiary/aromatic N) is 6. The fraction of sp³-hybridized carbons (Fsp3) is 0.433. The minimum Gasteiger partial charge on any atom is -0.507 e. The number of carbonyl (C=O) groups excluding carboxylic acids is 1. The molecule has 2 atom stereocenters. The van der Waals surface area contributed by atoms with Crippen molar-refractivity contribution in [2.75, 3.05) is 43.0 Å². The molecule has 218 valence electrons. The summed E-state index contributed by atoms with van der Waals surface area (Å²) in [4.78, 5) is 30.1. The van der Waals surface area contributed by atoms with Gasteiger partial charge >= 0.3 is 0 Å². The van der Waals surface area contributed by atoms with E-state index < -0.39 is 17.4 Å². The first-order chi connectivity index (χ1) is 19.4. The van der Waals surface area contributed by atoms with Gasteiger partial charge in [0.25, 0.3) is 0 Å². The molecule has 2 saturated heterocycles. The summed E-state index contributed by atoms with van der Waals surface area (Å²) in [6, 6.07) is 5.65. The lowest BCUT2D eigenvalue weighted by Gasteiger charge is -2.46. The zero-order chi connectivity index (χ0) is 29.7. The number of amides is 1. The summed E-state index contributed by atoms with van der Waals surface area (Å²) in [5.74, 6) is -1.37. The zero-order valence-electron chi connectivity index (χ0n) is 23.9. The maximum Gasteiger partial charge on any atom is 0.246 e. The van der Waals surface area contributed by atoms with Crippen LogP contribution in [0.2, 0.25) is 5.02 Å². The van der Waals surface area contributed by atoms with E-state index in [4.69, 9.17) is 16.6 Å². The van der Waals surface area contributed by atoms with Crippen molar-refractivity contribution >= 4 is 40.2 Å². The first-order valence-corrected chi connectivity index (χ1v) is 14.1. The van der Waals surface area contributed by atoms with E-state index in [1.54, 1.807) is 4.90 Å². The standard InChI is InChI=1S/C30H35ClF2N6O2/c1-7-24(41)38-12-18(5)39(13-17(38)4)29-20-11-21(31)25(26-22(32)9-8-10-23(26)40)27(33)28(20)34-30(35-29)37-14-19(15-37)36(6)16(2)3/h7-11,16-19,40H,1,12-15H2,2-6H3/t17-,18+/m1/s1. The van der Waals surface area contributed by atoms with Crippen molar-refractivity contribution in [1.82, 2.24) is 19.8 Å². The van der Waals surface area contributed by atoms with E-state index in [0.29, 0.717) is 55.4 Å². The van der Waals surface area contributed by atoms with Crippen LogP contribution in [0.3, 0.4) is 0 Å². The summed E-state index contributed by atoms with van der Waals surface area (Å²) in [5.41, 5.74) is -0.592. The van der Waals surface area contributed by atoms with E-state index in [1.165, 1.54) is 24.3 Å². The minimum atomic E-state index is -0.838. The number of benzene rings is 2. The molecule has 2 aliphatic heterocycles. The number of carbonyl (C=O) groups is 1. The van der Waals surface area contributed by atoms with Crippen LogP contribution in [0.1, 0.15) is 27.7 Å². The van der Waals surface area contributed by atoms with Gasteiger partial charge in [0.1, 0.15) is 22.9 Å². The van der Waals surface area contributed by atoms with Crippen molar-refractivity contribution in [2.24, 2.45) is 0 Å². The highest BCUT2D eigenvalue weighted by atomic mass is 35.5. The number of piperazine rings is 1. The van der Waals surface area contributed by atoms with E-state index in [0.717, 1.165) is 6.07 Å². The van der Waals surface area contributed by atoms with Gasteiger partial charge in [-0.3, -0.25) is 9.69 Å². The topological polar surface area (TPSA) is 76.0 Å². The largest absolute Gasteiger partial charge is 0.507 e. The van der Waals surface area contributed by atoms with E-state index in [-0.39, 0.29) is 39.7 Å². The predicted molar refractivity (Wildman–Crippen MR) is 159 cm³/mol. The lowest BCUT2D eigenvalue weighted by molar-refractivity contribution is -0.128. The van der Waals surface area contributed by atoms with E-state index in [1.807, 2.05) is 23.6 Å². The Kier molecular flexibility index (Phi) is 7.82. The van der Waals surface area contributed by atoms with Crippen LogP contribution in [0.5, 0.6) is 5.75 Å². The van der Waals surface area contributed by atoms with Gasteiger partial charge < -0.3 is 19.8 Å². The van der Waals surface area contributed by atoms with Crippen molar-refractivity contribution in [1.29, 1.82) is 0 Å². The number of fused-ring (bicyclic) bond motifs is 1. The Morgan fingerprint density at radius 1 is 1.15 bits per heavy atom. The number of anilines is 2. The van der Waals surface area contributed by atoms with Crippen LogP contribution in [0.4, 0.5) is 20.5 Å². The van der Waals surface area contributed by atoms with Crippen molar-refractivity contribution in [3.63, 3.8) is 0 Å². The molecule has 0 aliphatic carbocycles. The van der Waals surface area contributed by atoms with Crippen molar-refractivity contribution in [3.8, 4) is 16.9 Å². The van der Waals surface area contributed by atoms with Gasteiger partial charge in [-0.05, 0) is 59.0 Å². The fourth-order valence-electron chi connectivity index (χ4n) is 5.66. The Balaban J connectivity index is 1.66. The smallest absolute Gasteiger partial charge is 0.246 e. The highest BCUT2D eigenvalue weighted by Gasteiger charge is 2.37. The molecule has 2 fully saturated rings. The van der Waals surface area contributed by atoms with Gasteiger partial charge in [0.15, 0.2) is 5.82 Å². The summed E-state index contributed by atoms with van der Waals surface area (Å²) < 4.78 is 31.3. The predicted octanol–water partition coefficient (Wildman–Crippen LogP) is 5.07. The summed E-state index contributed by atoms with van der Waals surface area (Å²) in [6.07, 6.45) is 1.31. The number of aromatic nitrogens is 2. The highest BCUT2D eigenvalue weighted by molar-refractivity contribution is 6.34. The van der Waals surface area contributed by atoms with Crippen molar-refractivity contribution < 1.29 is 18.7 Å². The molecule has 1 aromatic heterocycles. The third-order valence-electron chi connectivity index (χ3n) is 8.34. The van der Waals surface area contributed by atoms with Gasteiger partial charge in [-0.15, -0.1) is 0 Å². The average Bonchev–Trinajstić information content (AvgIpc) is 2.90. The molecular formula is C30H35ClF2N6O2. The molecule has 0 saturated carbocycles. The summed E-state index contributed by atoms with van der Waals surface area (Å²) >= 11 is 6.60. The first kappa shape index (κ1) is 29.0. The SMILES string of the molecule is C=CC(=O)N1C[C@H](C)N(c2nc(N3CC(N(C)C(C)C)C3)nc3c(F)c(-c4c(O)cccc4F)c(Cl)cc23)C[C@H]1C. The van der Waals surface area contributed by atoms with Crippen LogP contribution in [0, 0.1) is 11.6 Å². The lowest BCUT2D eigenvalue weighted by Crippen LogP contribution is -2.60. The highest BCUT2D eigenvalue weighted by Crippen LogP contribution is 2.43. The van der Waals surface area contributed by atoms with E-state index >= 15 is 4.39 Å². The Hall–Kier alpha value is -3.50. The molecule has 3 heterocycles. The molecule has 0 spiro atoms. The summed E-state index contributed by atoms with van der Waals surface area (Å²) in [6.45, 7) is 14.0. The monoisotopic (exact) mass is 584 g/mol. The van der Waals surface area contributed by atoms with Gasteiger partial charge in [0, 0.05) is 61.3 Å². The number of rotatable bonds is 6. The molecule has 0 bridgehead atoms. The number of hydrogen-bond acceptors (Lipinski definition) is 7. The van der Waals surface area contributed by atoms with Crippen LogP contribution < -0.4 is 9.80 Å². The summed E-state index contributed by atoms with van der Waals surface area (Å²) in [7, 11) is 2.07. The second-order valence-corrected chi connectivity index (χ2v) is 11.7. The van der Waals surface area contributed by atoms with Gasteiger partial charge in [-0.25, -0.2) is 13.8 Å². The third-order valence-corrected chi connectivity index (χ3v) is 8.64. The molecule has 8 nitrogen and oxygen atoms in total. The number of hydrogen-bond donors (Lipinski definition) is 1. The van der Waals surface area contributed by atoms with Crippen LogP contribution in [0.15, 0.2) is 36.9 Å². The molecule has 1 N–H and O–H groups in total. The second-order valence-electron chi connectivity index (χ2n) is 11.3. The molecule has 3 aromatic rings. The first-order valence-electron chi connectivity index (χ1n) is 13.8. The third kappa shape index (κ3) is 5.08. The lowest BCUT2D eigenvalue weighted by atomic mass is 10.00. The average molecular weight is 585 g/mol. The zero-order valence-corrected chi connectivity index (χ0v) is 24.7. The molecule has 1 amide bonds. The molecule has 0 radical (unpaired) electrons. The molecule has 41 heavy (non-hydrogen) atoms. The maximum atomic E-state index is 16.4. The Morgan fingerprint density at radius 3 is 2.49 bits per heavy atom. The maximum absolute atomic E-state index is 16.4. The number of aromatic hydroxyl groups is 1. The quantitative estimate of drug-likeness (QED) is 0.405. The number of phenols is 1. The molecule has 2 aliphatic rings. The Labute approximate surface area is 243 Å². The minimum absolute atomic E-state index is 0.0165. The van der Waals surface area contributed by atoms with E-state index in [9.17, 15) is 14.3 Å². The number of halogens is 3. The summed E-state index contributed by atoms with van der Waals surface area (Å²) in [5, 5.41) is 10.7. The van der Waals surface area contributed by atoms with Crippen LogP contribution >= 0.6 is 11.6 Å². The second kappa shape index (κ2) is 11.1.